The lowest BCUT2D eigenvalue weighted by Crippen LogP contribution is -2.32. The van der Waals surface area contributed by atoms with Gasteiger partial charge in [-0.2, -0.15) is 0 Å². The third-order valence-electron chi connectivity index (χ3n) is 5.08. The fraction of sp³-hybridized carbons (Fsp3) is 0.391. The number of hydrogen-bond acceptors (Lipinski definition) is 3. The van der Waals surface area contributed by atoms with Crippen LogP contribution in [0.3, 0.4) is 0 Å². The molecule has 1 heterocycles. The third-order valence-corrected chi connectivity index (χ3v) is 5.08. The molecule has 6 heteroatoms. The SMILES string of the molecule is CCCC(CCC)C(N)=O.NC(=O)N1c2ccccc2C[C@H](O)c2ccccc21. The second-order valence-corrected chi connectivity index (χ2v) is 7.26. The van der Waals surface area contributed by atoms with Crippen molar-refractivity contribution in [3.63, 3.8) is 0 Å². The molecule has 0 aromatic heterocycles. The van der Waals surface area contributed by atoms with Gasteiger partial charge in [0.25, 0.3) is 0 Å². The van der Waals surface area contributed by atoms with Crippen LogP contribution in [-0.4, -0.2) is 17.0 Å². The molecule has 2 aromatic carbocycles. The quantitative estimate of drug-likeness (QED) is 0.704. The highest BCUT2D eigenvalue weighted by Crippen LogP contribution is 2.39. The van der Waals surface area contributed by atoms with Gasteiger partial charge in [0.05, 0.1) is 17.5 Å². The lowest BCUT2D eigenvalue weighted by Gasteiger charge is -2.22. The highest BCUT2D eigenvalue weighted by Gasteiger charge is 2.27. The number of aliphatic hydroxyl groups excluding tert-OH is 1. The summed E-state index contributed by atoms with van der Waals surface area (Å²) in [4.78, 5) is 24.0. The number of nitrogens with zero attached hydrogens (tertiary/aromatic N) is 1. The molecule has 0 unspecified atom stereocenters. The number of fused-ring (bicyclic) bond motifs is 2. The van der Waals surface area contributed by atoms with Gasteiger partial charge in [-0.25, -0.2) is 4.79 Å². The minimum atomic E-state index is -0.637. The Balaban J connectivity index is 0.000000257. The van der Waals surface area contributed by atoms with E-state index in [0.717, 1.165) is 42.5 Å². The summed E-state index contributed by atoms with van der Waals surface area (Å²) in [5.41, 5.74) is 13.7. The smallest absolute Gasteiger partial charge is 0.323 e. The zero-order valence-corrected chi connectivity index (χ0v) is 17.2. The van der Waals surface area contributed by atoms with Crippen molar-refractivity contribution >= 4 is 23.3 Å². The summed E-state index contributed by atoms with van der Waals surface area (Å²) >= 11 is 0. The Morgan fingerprint density at radius 2 is 1.55 bits per heavy atom. The van der Waals surface area contributed by atoms with Crippen molar-refractivity contribution < 1.29 is 14.7 Å². The van der Waals surface area contributed by atoms with Crippen molar-refractivity contribution in [2.24, 2.45) is 17.4 Å². The number of para-hydroxylation sites is 2. The molecule has 6 nitrogen and oxygen atoms in total. The number of amides is 3. The zero-order valence-electron chi connectivity index (χ0n) is 17.2. The number of primary amides is 2. The molecule has 1 aliphatic heterocycles. The molecule has 0 radical (unpaired) electrons. The van der Waals surface area contributed by atoms with Gasteiger partial charge in [0, 0.05) is 17.9 Å². The molecule has 0 aliphatic carbocycles. The van der Waals surface area contributed by atoms with E-state index in [1.54, 1.807) is 6.07 Å². The first kappa shape index (κ1) is 22.4. The largest absolute Gasteiger partial charge is 0.388 e. The van der Waals surface area contributed by atoms with E-state index in [9.17, 15) is 14.7 Å². The minimum absolute atomic E-state index is 0.120. The first-order chi connectivity index (χ1) is 13.9. The van der Waals surface area contributed by atoms with E-state index >= 15 is 0 Å². The molecule has 156 valence electrons. The van der Waals surface area contributed by atoms with E-state index < -0.39 is 12.1 Å². The predicted molar refractivity (Wildman–Crippen MR) is 116 cm³/mol. The minimum Gasteiger partial charge on any atom is -0.388 e. The molecule has 3 rings (SSSR count). The van der Waals surface area contributed by atoms with Crippen molar-refractivity contribution in [1.82, 2.24) is 0 Å². The second kappa shape index (κ2) is 10.6. The van der Waals surface area contributed by atoms with Crippen LogP contribution in [0.1, 0.15) is 56.8 Å². The fourth-order valence-corrected chi connectivity index (χ4v) is 3.69. The van der Waals surface area contributed by atoms with Gasteiger partial charge in [0.2, 0.25) is 5.91 Å². The van der Waals surface area contributed by atoms with Crippen LogP contribution in [0.15, 0.2) is 48.5 Å². The lowest BCUT2D eigenvalue weighted by atomic mass is 9.98. The standard InChI is InChI=1S/C15H14N2O2.C8H17NO/c16-15(19)17-12-7-3-1-5-10(12)9-14(18)11-6-2-4-8-13(11)17;1-3-5-7(6-4-2)8(9)10/h1-8,14,18H,9H2,(H2,16,19);7H,3-6H2,1-2H3,(H2,9,10)/t14-;/m0./s1. The van der Waals surface area contributed by atoms with Crippen molar-refractivity contribution in [2.45, 2.75) is 52.1 Å². The number of nitrogens with two attached hydrogens (primary N) is 2. The van der Waals surface area contributed by atoms with Gasteiger partial charge in [0.15, 0.2) is 0 Å². The summed E-state index contributed by atoms with van der Waals surface area (Å²) in [5, 5.41) is 10.3. The first-order valence-electron chi connectivity index (χ1n) is 10.1. The first-order valence-corrected chi connectivity index (χ1v) is 10.1. The van der Waals surface area contributed by atoms with Crippen molar-refractivity contribution in [2.75, 3.05) is 4.90 Å². The van der Waals surface area contributed by atoms with Gasteiger partial charge in [-0.3, -0.25) is 9.69 Å². The van der Waals surface area contributed by atoms with Crippen LogP contribution in [0.5, 0.6) is 0 Å². The molecule has 29 heavy (non-hydrogen) atoms. The van der Waals surface area contributed by atoms with Gasteiger partial charge >= 0.3 is 6.03 Å². The van der Waals surface area contributed by atoms with Crippen LogP contribution in [0, 0.1) is 5.92 Å². The van der Waals surface area contributed by atoms with Crippen LogP contribution >= 0.6 is 0 Å². The van der Waals surface area contributed by atoms with Gasteiger partial charge < -0.3 is 16.6 Å². The van der Waals surface area contributed by atoms with Crippen molar-refractivity contribution in [1.29, 1.82) is 0 Å². The van der Waals surface area contributed by atoms with Crippen molar-refractivity contribution in [3.8, 4) is 0 Å². The van der Waals surface area contributed by atoms with Gasteiger partial charge in [-0.15, -0.1) is 0 Å². The number of carbonyl (C=O) groups is 2. The Kier molecular flexibility index (Phi) is 8.21. The van der Waals surface area contributed by atoms with E-state index in [0.29, 0.717) is 12.1 Å². The summed E-state index contributed by atoms with van der Waals surface area (Å²) in [6.45, 7) is 4.15. The number of urea groups is 1. The molecule has 3 amide bonds. The predicted octanol–water partition coefficient (Wildman–Crippen LogP) is 4.18. The Bertz CT molecular complexity index is 832. The highest BCUT2D eigenvalue weighted by molar-refractivity contribution is 6.00. The molecule has 0 spiro atoms. The molecule has 2 aromatic rings. The van der Waals surface area contributed by atoms with Gasteiger partial charge in [-0.05, 0) is 30.5 Å². The summed E-state index contributed by atoms with van der Waals surface area (Å²) < 4.78 is 0. The molecule has 1 atom stereocenters. The van der Waals surface area contributed by atoms with E-state index in [1.807, 2.05) is 42.5 Å². The van der Waals surface area contributed by atoms with Gasteiger partial charge in [-0.1, -0.05) is 63.1 Å². The number of rotatable bonds is 5. The Morgan fingerprint density at radius 3 is 2.10 bits per heavy atom. The van der Waals surface area contributed by atoms with Crippen LogP contribution in [0.4, 0.5) is 16.2 Å². The van der Waals surface area contributed by atoms with E-state index in [-0.39, 0.29) is 11.8 Å². The molecular formula is C23H31N3O3. The number of benzene rings is 2. The average molecular weight is 398 g/mol. The Morgan fingerprint density at radius 1 is 1.00 bits per heavy atom. The highest BCUT2D eigenvalue weighted by atomic mass is 16.3. The molecule has 1 aliphatic rings. The molecule has 0 saturated carbocycles. The maximum atomic E-state index is 11.8. The maximum Gasteiger partial charge on any atom is 0.323 e. The Hall–Kier alpha value is -2.86. The molecule has 0 bridgehead atoms. The van der Waals surface area contributed by atoms with E-state index in [4.69, 9.17) is 11.5 Å². The maximum absolute atomic E-state index is 11.8. The van der Waals surface area contributed by atoms with Crippen LogP contribution < -0.4 is 16.4 Å². The number of aliphatic hydroxyl groups is 1. The summed E-state index contributed by atoms with van der Waals surface area (Å²) in [5.74, 6) is -0.0151. The zero-order chi connectivity index (χ0) is 21.4. The van der Waals surface area contributed by atoms with E-state index in [1.165, 1.54) is 4.90 Å². The Labute approximate surface area is 172 Å². The lowest BCUT2D eigenvalue weighted by molar-refractivity contribution is -0.122. The molecule has 5 N–H and O–H groups in total. The topological polar surface area (TPSA) is 110 Å². The van der Waals surface area contributed by atoms with Crippen molar-refractivity contribution in [3.05, 3.63) is 59.7 Å². The second-order valence-electron chi connectivity index (χ2n) is 7.26. The van der Waals surface area contributed by atoms with Crippen LogP contribution in [-0.2, 0) is 11.2 Å². The van der Waals surface area contributed by atoms with Gasteiger partial charge in [0.1, 0.15) is 0 Å². The monoisotopic (exact) mass is 397 g/mol. The number of carbonyl (C=O) groups excluding carboxylic acids is 2. The average Bonchev–Trinajstić information content (AvgIpc) is 2.82. The van der Waals surface area contributed by atoms with E-state index in [2.05, 4.69) is 13.8 Å². The number of anilines is 2. The molecular weight excluding hydrogens is 366 g/mol. The number of hydrogen-bond donors (Lipinski definition) is 3. The van der Waals surface area contributed by atoms with Crippen LogP contribution in [0.25, 0.3) is 0 Å². The molecule has 0 fully saturated rings. The summed E-state index contributed by atoms with van der Waals surface area (Å²) in [6.07, 6.45) is 3.83. The third kappa shape index (κ3) is 5.57. The fourth-order valence-electron chi connectivity index (χ4n) is 3.69. The summed E-state index contributed by atoms with van der Waals surface area (Å²) in [6, 6.07) is 14.2. The normalized spacial score (nSPS) is 14.9. The molecule has 0 saturated heterocycles. The summed E-state index contributed by atoms with van der Waals surface area (Å²) in [7, 11) is 0. The van der Waals surface area contributed by atoms with Crippen LogP contribution in [0.2, 0.25) is 0 Å².